The van der Waals surface area contributed by atoms with Gasteiger partial charge in [-0.05, 0) is 24.5 Å². The van der Waals surface area contributed by atoms with Crippen LogP contribution in [-0.2, 0) is 18.0 Å². The number of anilines is 1. The summed E-state index contributed by atoms with van der Waals surface area (Å²) in [6, 6.07) is 3.70. The number of ether oxygens (including phenoxy) is 1. The molecule has 3 N–H and O–H groups in total. The highest BCUT2D eigenvalue weighted by atomic mass is 16.5. The Morgan fingerprint density at radius 3 is 2.81 bits per heavy atom. The van der Waals surface area contributed by atoms with E-state index in [-0.39, 0.29) is 17.6 Å². The molecule has 1 saturated carbocycles. The third-order valence-corrected chi connectivity index (χ3v) is 5.13. The number of carbonyl (C=O) groups is 1. The van der Waals surface area contributed by atoms with Crippen LogP contribution in [0.25, 0.3) is 22.0 Å². The van der Waals surface area contributed by atoms with E-state index in [0.29, 0.717) is 24.3 Å². The molecule has 1 aliphatic carbocycles. The molecule has 5 rings (SSSR count). The van der Waals surface area contributed by atoms with Crippen LogP contribution in [0.15, 0.2) is 29.3 Å². The second-order valence-corrected chi connectivity index (χ2v) is 6.88. The van der Waals surface area contributed by atoms with Crippen LogP contribution in [0.4, 0.5) is 5.95 Å². The van der Waals surface area contributed by atoms with Crippen molar-refractivity contribution in [2.24, 2.45) is 0 Å². The largest absolute Gasteiger partial charge is 0.477 e. The molecule has 1 fully saturated rings. The van der Waals surface area contributed by atoms with Crippen molar-refractivity contribution >= 4 is 22.8 Å². The summed E-state index contributed by atoms with van der Waals surface area (Å²) in [6.45, 7) is 0.584. The Balaban J connectivity index is 1.88. The number of benzene rings is 1. The summed E-state index contributed by atoms with van der Waals surface area (Å²) in [5.74, 6) is -1.03. The maximum atomic E-state index is 12.8. The number of aromatic nitrogens is 3. The molecule has 8 nitrogen and oxygen atoms in total. The molecule has 0 atom stereocenters. The maximum absolute atomic E-state index is 12.8. The number of rotatable bonds is 2. The highest BCUT2D eigenvalue weighted by molar-refractivity contribution is 5.96. The summed E-state index contributed by atoms with van der Waals surface area (Å²) in [6.07, 6.45) is 5.05. The topological polar surface area (TPSA) is 120 Å². The van der Waals surface area contributed by atoms with E-state index in [9.17, 15) is 14.7 Å². The lowest BCUT2D eigenvalue weighted by molar-refractivity contribution is 0.0695. The molecule has 0 unspecified atom stereocenters. The lowest BCUT2D eigenvalue weighted by Gasteiger charge is -2.17. The zero-order valence-corrected chi connectivity index (χ0v) is 14.3. The minimum atomic E-state index is -1.21. The molecule has 1 aliphatic heterocycles. The van der Waals surface area contributed by atoms with Crippen molar-refractivity contribution in [3.8, 4) is 11.1 Å². The lowest BCUT2D eigenvalue weighted by Crippen LogP contribution is -2.19. The molecule has 27 heavy (non-hydrogen) atoms. The number of nitrogens with zero attached hydrogens (tertiary/aromatic N) is 3. The first-order valence-electron chi connectivity index (χ1n) is 8.68. The van der Waals surface area contributed by atoms with Gasteiger partial charge in [-0.3, -0.25) is 4.79 Å². The monoisotopic (exact) mass is 364 g/mol. The summed E-state index contributed by atoms with van der Waals surface area (Å²) >= 11 is 0. The summed E-state index contributed by atoms with van der Waals surface area (Å²) < 4.78 is 7.73. The predicted molar refractivity (Wildman–Crippen MR) is 97.4 cm³/mol. The molecule has 0 saturated heterocycles. The molecule has 1 aromatic carbocycles. The number of nitrogens with two attached hydrogens (primary N) is 1. The van der Waals surface area contributed by atoms with Crippen molar-refractivity contribution in [3.63, 3.8) is 0 Å². The Kier molecular flexibility index (Phi) is 3.32. The van der Waals surface area contributed by atoms with Crippen molar-refractivity contribution in [2.75, 3.05) is 5.73 Å². The third-order valence-electron chi connectivity index (χ3n) is 5.13. The highest BCUT2D eigenvalue weighted by Gasteiger charge is 2.29. The summed E-state index contributed by atoms with van der Waals surface area (Å²) in [4.78, 5) is 32.7. The molecule has 2 aromatic heterocycles. The van der Waals surface area contributed by atoms with Crippen molar-refractivity contribution in [1.29, 1.82) is 0 Å². The highest BCUT2D eigenvalue weighted by Crippen LogP contribution is 2.40. The Morgan fingerprint density at radius 2 is 2.07 bits per heavy atom. The molecule has 136 valence electrons. The summed E-state index contributed by atoms with van der Waals surface area (Å²) in [5, 5.41) is 9.82. The predicted octanol–water partition coefficient (Wildman–Crippen LogP) is 2.10. The van der Waals surface area contributed by atoms with E-state index in [0.717, 1.165) is 35.0 Å². The van der Waals surface area contributed by atoms with Crippen molar-refractivity contribution in [3.05, 3.63) is 51.6 Å². The maximum Gasteiger partial charge on any atom is 0.341 e. The van der Waals surface area contributed by atoms with Gasteiger partial charge in [-0.15, -0.1) is 0 Å². The second kappa shape index (κ2) is 5.62. The average Bonchev–Trinajstić information content (AvgIpc) is 3.47. The number of hydrogen-bond acceptors (Lipinski definition) is 6. The van der Waals surface area contributed by atoms with Crippen LogP contribution in [0.1, 0.15) is 40.5 Å². The number of pyridine rings is 1. The van der Waals surface area contributed by atoms with E-state index in [1.54, 1.807) is 12.3 Å². The van der Waals surface area contributed by atoms with Gasteiger partial charge in [0.1, 0.15) is 5.56 Å². The van der Waals surface area contributed by atoms with Crippen LogP contribution in [-0.4, -0.2) is 25.6 Å². The number of aromatic carboxylic acids is 1. The van der Waals surface area contributed by atoms with Gasteiger partial charge >= 0.3 is 5.97 Å². The Morgan fingerprint density at radius 1 is 1.26 bits per heavy atom. The molecular weight excluding hydrogens is 348 g/mol. The molecule has 0 spiro atoms. The number of carboxylic acids is 1. The Hall–Kier alpha value is -3.26. The van der Waals surface area contributed by atoms with E-state index in [4.69, 9.17) is 10.5 Å². The molecule has 3 heterocycles. The lowest BCUT2D eigenvalue weighted by atomic mass is 9.96. The zero-order chi connectivity index (χ0) is 18.7. The Bertz CT molecular complexity index is 1180. The second-order valence-electron chi connectivity index (χ2n) is 6.88. The van der Waals surface area contributed by atoms with Crippen LogP contribution < -0.4 is 11.2 Å². The first-order valence-corrected chi connectivity index (χ1v) is 8.68. The van der Waals surface area contributed by atoms with Crippen LogP contribution in [0.5, 0.6) is 0 Å². The van der Waals surface area contributed by atoms with E-state index >= 15 is 0 Å². The number of hydrogen-bond donors (Lipinski definition) is 2. The Labute approximate surface area is 153 Å². The first-order chi connectivity index (χ1) is 13.0. The standard InChI is InChI=1S/C19H16N4O4/c20-19-21-5-12-10-3-4-11-16(14(10)7-27-8-15(12)22-19)23(9-1-2-9)6-13(17(11)24)18(25)26/h3-6,9H,1-2,7-8H2,(H,25,26)(H2,20,21,22). The molecule has 8 heteroatoms. The third kappa shape index (κ3) is 2.41. The first kappa shape index (κ1) is 16.0. The van der Waals surface area contributed by atoms with Gasteiger partial charge in [-0.1, -0.05) is 6.07 Å². The number of carboxylic acid groups (broad SMARTS) is 1. The fourth-order valence-electron chi connectivity index (χ4n) is 3.73. The van der Waals surface area contributed by atoms with Gasteiger partial charge in [0.2, 0.25) is 11.4 Å². The quantitative estimate of drug-likeness (QED) is 0.714. The zero-order valence-electron chi connectivity index (χ0n) is 14.3. The summed E-state index contributed by atoms with van der Waals surface area (Å²) in [7, 11) is 0. The van der Waals surface area contributed by atoms with Gasteiger partial charge < -0.3 is 20.1 Å². The van der Waals surface area contributed by atoms with Crippen molar-refractivity contribution in [1.82, 2.24) is 14.5 Å². The SMILES string of the molecule is Nc1ncc2c(n1)COCc1c-2ccc2c(=O)c(C(=O)O)cn(C3CC3)c12. The molecule has 0 radical (unpaired) electrons. The van der Waals surface area contributed by atoms with Crippen LogP contribution >= 0.6 is 0 Å². The van der Waals surface area contributed by atoms with Gasteiger partial charge in [0.05, 0.1) is 24.4 Å². The molecule has 0 amide bonds. The molecule has 3 aromatic rings. The fourth-order valence-corrected chi connectivity index (χ4v) is 3.73. The van der Waals surface area contributed by atoms with E-state index < -0.39 is 11.4 Å². The van der Waals surface area contributed by atoms with Crippen LogP contribution in [0.2, 0.25) is 0 Å². The van der Waals surface area contributed by atoms with Crippen molar-refractivity contribution in [2.45, 2.75) is 32.1 Å². The average molecular weight is 364 g/mol. The fraction of sp³-hybridized carbons (Fsp3) is 0.263. The van der Waals surface area contributed by atoms with Crippen LogP contribution in [0, 0.1) is 0 Å². The van der Waals surface area contributed by atoms with Gasteiger partial charge in [-0.25, -0.2) is 14.8 Å². The minimum absolute atomic E-state index is 0.183. The smallest absolute Gasteiger partial charge is 0.341 e. The van der Waals surface area contributed by atoms with Gasteiger partial charge in [0, 0.05) is 34.9 Å². The molecule has 2 aliphatic rings. The number of fused-ring (bicyclic) bond motifs is 5. The molecule has 0 bridgehead atoms. The normalized spacial score (nSPS) is 15.9. The molecular formula is C19H16N4O4. The van der Waals surface area contributed by atoms with Crippen LogP contribution in [0.3, 0.4) is 0 Å². The summed E-state index contributed by atoms with van der Waals surface area (Å²) in [5.41, 5.74) is 8.99. The number of nitrogen functional groups attached to an aromatic ring is 1. The van der Waals surface area contributed by atoms with Gasteiger partial charge in [-0.2, -0.15) is 0 Å². The van der Waals surface area contributed by atoms with Gasteiger partial charge in [0.15, 0.2) is 0 Å². The minimum Gasteiger partial charge on any atom is -0.477 e. The van der Waals surface area contributed by atoms with E-state index in [2.05, 4.69) is 9.97 Å². The van der Waals surface area contributed by atoms with E-state index in [1.807, 2.05) is 10.6 Å². The van der Waals surface area contributed by atoms with Crippen molar-refractivity contribution < 1.29 is 14.6 Å². The van der Waals surface area contributed by atoms with Gasteiger partial charge in [0.25, 0.3) is 0 Å². The van der Waals surface area contributed by atoms with E-state index in [1.165, 1.54) is 6.20 Å².